The Hall–Kier alpha value is -1.67. The van der Waals surface area contributed by atoms with Crippen molar-refractivity contribution in [2.24, 2.45) is 11.3 Å². The zero-order valence-corrected chi connectivity index (χ0v) is 12.9. The number of carbonyl (C=O) groups is 2. The number of ether oxygens (including phenoxy) is 2. The Morgan fingerprint density at radius 1 is 1.59 bits per heavy atom. The van der Waals surface area contributed by atoms with E-state index in [2.05, 4.69) is 15.2 Å². The maximum absolute atomic E-state index is 12.3. The van der Waals surface area contributed by atoms with Gasteiger partial charge in [-0.3, -0.25) is 14.7 Å². The summed E-state index contributed by atoms with van der Waals surface area (Å²) in [6.45, 7) is 1.66. The normalized spacial score (nSPS) is 27.0. The summed E-state index contributed by atoms with van der Waals surface area (Å²) in [5, 5.41) is 6.52. The summed E-state index contributed by atoms with van der Waals surface area (Å²) in [6, 6.07) is 0. The molecule has 0 radical (unpaired) electrons. The van der Waals surface area contributed by atoms with Crippen molar-refractivity contribution in [3.8, 4) is 0 Å². The Bertz CT molecular complexity index is 592. The quantitative estimate of drug-likeness (QED) is 0.784. The number of hydrogen-bond acceptors (Lipinski definition) is 6. The third-order valence-corrected chi connectivity index (χ3v) is 4.57. The predicted octanol–water partition coefficient (Wildman–Crippen LogP) is 0.0387. The molecular weight excluding hydrogens is 312 g/mol. The van der Waals surface area contributed by atoms with Crippen LogP contribution in [0.4, 0.5) is 0 Å². The second-order valence-corrected chi connectivity index (χ2v) is 6.02. The largest absolute Gasteiger partial charge is 0.468 e. The topological polar surface area (TPSA) is 97.4 Å². The van der Waals surface area contributed by atoms with Crippen LogP contribution in [0.15, 0.2) is 0 Å². The minimum atomic E-state index is -0.708. The average molecular weight is 329 g/mol. The third-order valence-electron chi connectivity index (χ3n) is 4.40. The number of esters is 1. The summed E-state index contributed by atoms with van der Waals surface area (Å²) in [4.78, 5) is 30.1. The highest BCUT2D eigenvalue weighted by Crippen LogP contribution is 2.42. The van der Waals surface area contributed by atoms with Crippen molar-refractivity contribution in [1.82, 2.24) is 20.1 Å². The molecule has 2 aliphatic heterocycles. The molecule has 2 saturated heterocycles. The lowest BCUT2D eigenvalue weighted by Crippen LogP contribution is -2.41. The molecule has 9 heteroatoms. The predicted molar refractivity (Wildman–Crippen MR) is 75.1 cm³/mol. The van der Waals surface area contributed by atoms with Crippen LogP contribution in [0, 0.1) is 11.3 Å². The fourth-order valence-electron chi connectivity index (χ4n) is 3.18. The molecule has 3 rings (SSSR count). The first kappa shape index (κ1) is 15.2. The van der Waals surface area contributed by atoms with Crippen molar-refractivity contribution in [3.05, 3.63) is 11.1 Å². The van der Waals surface area contributed by atoms with Crippen molar-refractivity contribution in [2.75, 3.05) is 33.4 Å². The number of aromatic nitrogens is 3. The lowest BCUT2D eigenvalue weighted by Gasteiger charge is -2.23. The number of hydrogen-bond donors (Lipinski definition) is 1. The molecular formula is C13H17ClN4O4. The van der Waals surface area contributed by atoms with Gasteiger partial charge in [0.05, 0.1) is 20.3 Å². The van der Waals surface area contributed by atoms with E-state index in [0.717, 1.165) is 0 Å². The summed E-state index contributed by atoms with van der Waals surface area (Å²) in [7, 11) is 1.37. The Morgan fingerprint density at radius 2 is 2.41 bits per heavy atom. The van der Waals surface area contributed by atoms with Gasteiger partial charge in [0, 0.05) is 31.8 Å². The van der Waals surface area contributed by atoms with Gasteiger partial charge in [-0.1, -0.05) is 0 Å². The molecule has 1 aromatic heterocycles. The molecule has 8 nitrogen and oxygen atoms in total. The van der Waals surface area contributed by atoms with E-state index in [4.69, 9.17) is 21.1 Å². The number of likely N-dealkylation sites (tertiary alicyclic amines) is 1. The summed E-state index contributed by atoms with van der Waals surface area (Å²) >= 11 is 5.62. The van der Waals surface area contributed by atoms with Crippen molar-refractivity contribution >= 4 is 23.5 Å². The monoisotopic (exact) mass is 328 g/mol. The summed E-state index contributed by atoms with van der Waals surface area (Å²) in [5.41, 5.74) is -0.708. The Kier molecular flexibility index (Phi) is 4.05. The van der Waals surface area contributed by atoms with E-state index in [9.17, 15) is 9.59 Å². The smallest absolute Gasteiger partial charge is 0.316 e. The molecule has 2 fully saturated rings. The van der Waals surface area contributed by atoms with E-state index < -0.39 is 5.41 Å². The van der Waals surface area contributed by atoms with Crippen LogP contribution in [0.25, 0.3) is 0 Å². The Balaban J connectivity index is 1.62. The molecule has 1 amide bonds. The number of halogens is 1. The van der Waals surface area contributed by atoms with Gasteiger partial charge < -0.3 is 14.4 Å². The number of nitrogens with one attached hydrogen (secondary N) is 1. The van der Waals surface area contributed by atoms with E-state index >= 15 is 0 Å². The van der Waals surface area contributed by atoms with Gasteiger partial charge in [-0.25, -0.2) is 4.98 Å². The van der Waals surface area contributed by atoms with E-state index in [1.165, 1.54) is 7.11 Å². The lowest BCUT2D eigenvalue weighted by atomic mass is 9.81. The van der Waals surface area contributed by atoms with Gasteiger partial charge in [-0.05, 0) is 11.6 Å². The first-order valence-corrected chi connectivity index (χ1v) is 7.43. The number of aryl methyl sites for hydroxylation is 1. The number of H-pyrrole nitrogens is 1. The van der Waals surface area contributed by atoms with Crippen molar-refractivity contribution in [2.45, 2.75) is 12.8 Å². The minimum absolute atomic E-state index is 0.00336. The zero-order chi connectivity index (χ0) is 15.7. The second-order valence-electron chi connectivity index (χ2n) is 5.69. The highest BCUT2D eigenvalue weighted by molar-refractivity contribution is 6.28. The van der Waals surface area contributed by atoms with Gasteiger partial charge in [0.25, 0.3) is 0 Å². The molecule has 22 heavy (non-hydrogen) atoms. The fraction of sp³-hybridized carbons (Fsp3) is 0.692. The molecule has 1 N–H and O–H groups in total. The van der Waals surface area contributed by atoms with Crippen LogP contribution in [0.5, 0.6) is 0 Å². The third kappa shape index (κ3) is 2.56. The van der Waals surface area contributed by atoms with Crippen molar-refractivity contribution in [3.63, 3.8) is 0 Å². The molecule has 3 heterocycles. The first-order valence-electron chi connectivity index (χ1n) is 7.06. The maximum atomic E-state index is 12.3. The van der Waals surface area contributed by atoms with Gasteiger partial charge in [0.2, 0.25) is 11.2 Å². The van der Waals surface area contributed by atoms with Crippen molar-refractivity contribution < 1.29 is 19.1 Å². The number of aromatic amines is 1. The van der Waals surface area contributed by atoms with Crippen LogP contribution in [0.1, 0.15) is 12.2 Å². The van der Waals surface area contributed by atoms with Gasteiger partial charge in [0.1, 0.15) is 11.2 Å². The lowest BCUT2D eigenvalue weighted by molar-refractivity contribution is -0.153. The van der Waals surface area contributed by atoms with E-state index in [0.29, 0.717) is 38.5 Å². The number of fused-ring (bicyclic) bond motifs is 1. The van der Waals surface area contributed by atoms with Crippen LogP contribution in [-0.4, -0.2) is 65.4 Å². The van der Waals surface area contributed by atoms with Crippen LogP contribution < -0.4 is 0 Å². The minimum Gasteiger partial charge on any atom is -0.468 e. The molecule has 0 aliphatic carbocycles. The number of methoxy groups -OCH3 is 1. The SMILES string of the molecule is COC(=O)[C@@]12COC[C@@H]1CN(C(=O)CCc1nc(Cl)n[nH]1)C2. The van der Waals surface area contributed by atoms with Crippen LogP contribution in [0.2, 0.25) is 5.28 Å². The highest BCUT2D eigenvalue weighted by Gasteiger charge is 2.57. The Morgan fingerprint density at radius 3 is 3.09 bits per heavy atom. The van der Waals surface area contributed by atoms with E-state index in [-0.39, 0.29) is 29.5 Å². The second kappa shape index (κ2) is 5.85. The van der Waals surface area contributed by atoms with Gasteiger partial charge in [-0.2, -0.15) is 0 Å². The zero-order valence-electron chi connectivity index (χ0n) is 12.2. The number of rotatable bonds is 4. The van der Waals surface area contributed by atoms with Crippen LogP contribution >= 0.6 is 11.6 Å². The molecule has 0 saturated carbocycles. The summed E-state index contributed by atoms with van der Waals surface area (Å²) in [6.07, 6.45) is 0.720. The summed E-state index contributed by atoms with van der Waals surface area (Å²) in [5.74, 6) is 0.255. The van der Waals surface area contributed by atoms with E-state index in [1.54, 1.807) is 4.90 Å². The van der Waals surface area contributed by atoms with Crippen molar-refractivity contribution in [1.29, 1.82) is 0 Å². The number of carbonyl (C=O) groups excluding carboxylic acids is 2. The highest BCUT2D eigenvalue weighted by atomic mass is 35.5. The molecule has 0 bridgehead atoms. The molecule has 120 valence electrons. The van der Waals surface area contributed by atoms with Crippen LogP contribution in [-0.2, 0) is 25.5 Å². The van der Waals surface area contributed by atoms with Gasteiger partial charge in [0.15, 0.2) is 0 Å². The van der Waals surface area contributed by atoms with E-state index in [1.807, 2.05) is 0 Å². The molecule has 2 aliphatic rings. The molecule has 2 atom stereocenters. The van der Waals surface area contributed by atoms with Gasteiger partial charge >= 0.3 is 5.97 Å². The Labute approximate surface area is 132 Å². The standard InChI is InChI=1S/C13H17ClN4O4/c1-21-11(20)13-6-18(4-8(13)5-22-7-13)10(19)3-2-9-15-12(14)17-16-9/h8H,2-7H2,1H3,(H,15,16,17)/t8-,13-/m0/s1. The molecule has 1 aromatic rings. The molecule has 0 aromatic carbocycles. The molecule has 0 unspecified atom stereocenters. The average Bonchev–Trinajstić information content (AvgIpc) is 3.17. The first-order chi connectivity index (χ1) is 10.5. The number of amides is 1. The fourth-order valence-corrected chi connectivity index (χ4v) is 3.33. The van der Waals surface area contributed by atoms with Crippen LogP contribution in [0.3, 0.4) is 0 Å². The number of nitrogens with zero attached hydrogens (tertiary/aromatic N) is 3. The summed E-state index contributed by atoms with van der Waals surface area (Å²) < 4.78 is 10.3. The van der Waals surface area contributed by atoms with Gasteiger partial charge in [-0.15, -0.1) is 5.10 Å². The maximum Gasteiger partial charge on any atom is 0.316 e. The molecule has 0 spiro atoms.